The molecule has 0 aromatic heterocycles. The zero-order valence-corrected chi connectivity index (χ0v) is 30.4. The Morgan fingerprint density at radius 2 is 1.58 bits per heavy atom. The maximum Gasteiger partial charge on any atom is 0.245 e. The Kier molecular flexibility index (Phi) is 10.3. The Balaban J connectivity index is 1.00. The van der Waals surface area contributed by atoms with Crippen molar-refractivity contribution in [3.8, 4) is 0 Å². The predicted octanol–water partition coefficient (Wildman–Crippen LogP) is 5.95. The summed E-state index contributed by atoms with van der Waals surface area (Å²) in [4.78, 5) is 31.5. The minimum absolute atomic E-state index is 0.0429. The lowest BCUT2D eigenvalue weighted by Gasteiger charge is -2.63. The highest BCUT2D eigenvalue weighted by atomic mass is 16.3. The maximum atomic E-state index is 14.0. The Morgan fingerprint density at radius 3 is 2.28 bits per heavy atom. The van der Waals surface area contributed by atoms with Crippen LogP contribution in [0.3, 0.4) is 0 Å². The van der Waals surface area contributed by atoms with E-state index in [2.05, 4.69) is 24.1 Å². The fraction of sp³-hybridized carbons (Fsp3) is 0.628. The third kappa shape index (κ3) is 6.82. The van der Waals surface area contributed by atoms with Gasteiger partial charge in [-0.1, -0.05) is 74.5 Å². The van der Waals surface area contributed by atoms with Crippen molar-refractivity contribution in [1.82, 2.24) is 15.1 Å². The van der Waals surface area contributed by atoms with Crippen LogP contribution in [0.4, 0.5) is 0 Å². The average Bonchev–Trinajstić information content (AvgIpc) is 3.49. The van der Waals surface area contributed by atoms with Crippen LogP contribution in [0.2, 0.25) is 0 Å². The molecule has 0 bridgehead atoms. The number of carbonyl (C=O) groups is 2. The van der Waals surface area contributed by atoms with Crippen molar-refractivity contribution in [2.75, 3.05) is 26.2 Å². The molecule has 4 saturated carbocycles. The number of nitrogens with one attached hydrogen (secondary N) is 1. The third-order valence-electron chi connectivity index (χ3n) is 14.6. The summed E-state index contributed by atoms with van der Waals surface area (Å²) in [5, 5.41) is 25.3. The molecule has 1 aliphatic heterocycles. The number of hydrogen-bond donors (Lipinski definition) is 3. The van der Waals surface area contributed by atoms with Crippen molar-refractivity contribution in [3.63, 3.8) is 0 Å². The number of fused-ring (bicyclic) bond motifs is 5. The van der Waals surface area contributed by atoms with E-state index in [-0.39, 0.29) is 40.9 Å². The summed E-state index contributed by atoms with van der Waals surface area (Å²) in [5.74, 6) is 2.78. The van der Waals surface area contributed by atoms with Gasteiger partial charge in [-0.25, -0.2) is 0 Å². The molecule has 270 valence electrons. The number of carbonyl (C=O) groups excluding carboxylic acids is 2. The highest BCUT2D eigenvalue weighted by molar-refractivity contribution is 5.95. The number of nitrogens with zero attached hydrogens (tertiary/aromatic N) is 2. The lowest BCUT2D eigenvalue weighted by atomic mass is 9.44. The summed E-state index contributed by atoms with van der Waals surface area (Å²) in [6.45, 7) is 9.70. The minimum Gasteiger partial charge on any atom is -0.393 e. The van der Waals surface area contributed by atoms with E-state index in [1.54, 1.807) is 6.08 Å². The first-order valence-corrected chi connectivity index (χ1v) is 19.5. The third-order valence-corrected chi connectivity index (χ3v) is 14.6. The van der Waals surface area contributed by atoms with E-state index in [1.165, 1.54) is 38.2 Å². The van der Waals surface area contributed by atoms with E-state index >= 15 is 0 Å². The van der Waals surface area contributed by atoms with Gasteiger partial charge in [-0.15, -0.1) is 0 Å². The lowest BCUT2D eigenvalue weighted by Crippen LogP contribution is -2.63. The first kappa shape index (κ1) is 35.4. The number of aliphatic hydroxyl groups excluding tert-OH is 2. The van der Waals surface area contributed by atoms with Crippen molar-refractivity contribution < 1.29 is 19.8 Å². The van der Waals surface area contributed by atoms with Crippen LogP contribution in [0.15, 0.2) is 66.7 Å². The number of aliphatic hydroxyl groups is 2. The van der Waals surface area contributed by atoms with Crippen LogP contribution in [0.1, 0.15) is 83.3 Å². The van der Waals surface area contributed by atoms with E-state index < -0.39 is 6.04 Å². The van der Waals surface area contributed by atoms with Gasteiger partial charge in [-0.2, -0.15) is 0 Å². The highest BCUT2D eigenvalue weighted by Gasteiger charge is 2.62. The van der Waals surface area contributed by atoms with Crippen molar-refractivity contribution >= 4 is 17.9 Å². The van der Waals surface area contributed by atoms with Gasteiger partial charge in [0.05, 0.1) is 12.2 Å². The molecule has 7 heteroatoms. The van der Waals surface area contributed by atoms with Crippen molar-refractivity contribution in [1.29, 1.82) is 0 Å². The van der Waals surface area contributed by atoms with Gasteiger partial charge in [-0.05, 0) is 116 Å². The molecule has 1 saturated heterocycles. The standard InChI is InChI=1S/C43H59N3O4/c1-29(47)34-17-18-35-33-16-15-32-27-39(48)38(28-43(32,3)36(33)20-21-42(34,35)2)45-22-24-46(25-23-45)41(50)37(26-31-12-8-5-9-13-31)44-40(49)19-14-30-10-6-4-7-11-30/h4-14,19,29,32-39,47-48H,15-18,20-28H2,1-3H3,(H,44,49)/b19-14+/t29-,32+,33+,34-,35+,36+,37-,38+,39+,42-,43+/m1/s1. The quantitative estimate of drug-likeness (QED) is 0.300. The molecule has 3 N–H and O–H groups in total. The normalized spacial score (nSPS) is 37.0. The second kappa shape index (κ2) is 14.6. The first-order valence-electron chi connectivity index (χ1n) is 19.5. The molecule has 1 heterocycles. The molecule has 0 unspecified atom stereocenters. The van der Waals surface area contributed by atoms with Gasteiger partial charge in [0.25, 0.3) is 0 Å². The Bertz CT molecular complexity index is 1510. The number of piperazine rings is 1. The Morgan fingerprint density at radius 1 is 0.900 bits per heavy atom. The number of hydrogen-bond acceptors (Lipinski definition) is 5. The topological polar surface area (TPSA) is 93.1 Å². The average molecular weight is 682 g/mol. The van der Waals surface area contributed by atoms with Crippen LogP contribution in [0, 0.1) is 40.4 Å². The molecule has 0 radical (unpaired) electrons. The van der Waals surface area contributed by atoms with E-state index in [9.17, 15) is 19.8 Å². The number of amides is 2. The predicted molar refractivity (Wildman–Crippen MR) is 198 cm³/mol. The fourth-order valence-electron chi connectivity index (χ4n) is 12.0. The van der Waals surface area contributed by atoms with Crippen LogP contribution in [-0.2, 0) is 16.0 Å². The molecule has 2 aromatic rings. The van der Waals surface area contributed by atoms with Gasteiger partial charge in [0.1, 0.15) is 6.04 Å². The number of benzene rings is 2. The van der Waals surface area contributed by atoms with Crippen LogP contribution in [0.5, 0.6) is 0 Å². The first-order chi connectivity index (χ1) is 24.1. The van der Waals surface area contributed by atoms with Crippen molar-refractivity contribution in [2.24, 2.45) is 40.4 Å². The van der Waals surface area contributed by atoms with Gasteiger partial charge >= 0.3 is 0 Å². The van der Waals surface area contributed by atoms with Gasteiger partial charge < -0.3 is 20.4 Å². The molecule has 0 spiro atoms. The molecule has 5 aliphatic rings. The molecular weight excluding hydrogens is 622 g/mol. The molecule has 4 aliphatic carbocycles. The SMILES string of the molecule is C[C@@H](O)[C@H]1CC[C@H]2[C@@H]3CC[C@H]4C[C@H](O)[C@@H](N5CCN(C(=O)[C@@H](Cc6ccccc6)NC(=O)/C=C/c6ccccc6)CC5)C[C@]4(C)[C@H]3CC[C@]12C. The fourth-order valence-corrected chi connectivity index (χ4v) is 12.0. The minimum atomic E-state index is -0.656. The van der Waals surface area contributed by atoms with Gasteiger partial charge in [0.15, 0.2) is 0 Å². The van der Waals surface area contributed by atoms with E-state index in [1.807, 2.05) is 72.5 Å². The Hall–Kier alpha value is -3.00. The highest BCUT2D eigenvalue weighted by Crippen LogP contribution is 2.68. The summed E-state index contributed by atoms with van der Waals surface area (Å²) >= 11 is 0. The van der Waals surface area contributed by atoms with Crippen LogP contribution < -0.4 is 5.32 Å². The van der Waals surface area contributed by atoms with Crippen LogP contribution in [0.25, 0.3) is 6.08 Å². The van der Waals surface area contributed by atoms with E-state index in [4.69, 9.17) is 0 Å². The molecule has 7 nitrogen and oxygen atoms in total. The molecule has 11 atom stereocenters. The molecular formula is C43H59N3O4. The summed E-state index contributed by atoms with van der Waals surface area (Å²) < 4.78 is 0. The second-order valence-corrected chi connectivity index (χ2v) is 17.1. The largest absolute Gasteiger partial charge is 0.393 e. The number of rotatable bonds is 8. The molecule has 50 heavy (non-hydrogen) atoms. The summed E-state index contributed by atoms with van der Waals surface area (Å²) in [6, 6.07) is 19.1. The van der Waals surface area contributed by atoms with Gasteiger partial charge in [-0.3, -0.25) is 14.5 Å². The summed E-state index contributed by atoms with van der Waals surface area (Å²) in [7, 11) is 0. The van der Waals surface area contributed by atoms with E-state index in [0.717, 1.165) is 49.4 Å². The van der Waals surface area contributed by atoms with Crippen molar-refractivity contribution in [2.45, 2.75) is 103 Å². The monoisotopic (exact) mass is 681 g/mol. The zero-order chi connectivity index (χ0) is 35.0. The molecule has 5 fully saturated rings. The molecule has 2 aromatic carbocycles. The molecule has 7 rings (SSSR count). The van der Waals surface area contributed by atoms with Crippen LogP contribution in [-0.4, -0.2) is 82.3 Å². The second-order valence-electron chi connectivity index (χ2n) is 17.1. The Labute approximate surface area is 299 Å². The van der Waals surface area contributed by atoms with Gasteiger partial charge in [0.2, 0.25) is 11.8 Å². The summed E-state index contributed by atoms with van der Waals surface area (Å²) in [6.07, 6.45) is 12.4. The zero-order valence-electron chi connectivity index (χ0n) is 30.4. The van der Waals surface area contributed by atoms with Crippen molar-refractivity contribution in [3.05, 3.63) is 77.9 Å². The summed E-state index contributed by atoms with van der Waals surface area (Å²) in [5.41, 5.74) is 2.41. The maximum absolute atomic E-state index is 14.0. The van der Waals surface area contributed by atoms with Crippen LogP contribution >= 0.6 is 0 Å². The van der Waals surface area contributed by atoms with E-state index in [0.29, 0.717) is 43.2 Å². The van der Waals surface area contributed by atoms with Gasteiger partial charge in [0, 0.05) is 44.7 Å². The lowest BCUT2D eigenvalue weighted by molar-refractivity contribution is -0.156. The smallest absolute Gasteiger partial charge is 0.245 e. The molecule has 2 amide bonds.